The summed E-state index contributed by atoms with van der Waals surface area (Å²) in [5, 5.41) is 0. The number of piperidine rings is 2. The van der Waals surface area contributed by atoms with E-state index < -0.39 is 0 Å². The van der Waals surface area contributed by atoms with Crippen molar-refractivity contribution in [3.63, 3.8) is 0 Å². The van der Waals surface area contributed by atoms with E-state index in [0.29, 0.717) is 6.61 Å². The fourth-order valence-electron chi connectivity index (χ4n) is 3.42. The number of hydrogen-bond acceptors (Lipinski definition) is 4. The number of likely N-dealkylation sites (tertiary alicyclic amines) is 2. The minimum Gasteiger partial charge on any atom is -0.382 e. The highest BCUT2D eigenvalue weighted by atomic mass is 16.5. The van der Waals surface area contributed by atoms with Crippen LogP contribution in [0.4, 0.5) is 0 Å². The number of hydrogen-bond donors (Lipinski definition) is 2. The summed E-state index contributed by atoms with van der Waals surface area (Å²) < 4.78 is 5.13. The minimum atomic E-state index is 0.126. The molecule has 122 valence electrons. The van der Waals surface area contributed by atoms with Crippen molar-refractivity contribution in [1.82, 2.24) is 15.2 Å². The maximum absolute atomic E-state index is 5.65. The van der Waals surface area contributed by atoms with Crippen molar-refractivity contribution in [2.45, 2.75) is 51.1 Å². The highest BCUT2D eigenvalue weighted by Gasteiger charge is 2.26. The third-order valence-corrected chi connectivity index (χ3v) is 4.55. The largest absolute Gasteiger partial charge is 0.382 e. The topological polar surface area (TPSA) is 66.1 Å². The van der Waals surface area contributed by atoms with E-state index in [-0.39, 0.29) is 6.04 Å². The van der Waals surface area contributed by atoms with E-state index in [1.807, 2.05) is 6.92 Å². The van der Waals surface area contributed by atoms with Gasteiger partial charge in [-0.1, -0.05) is 6.42 Å². The average Bonchev–Trinajstić information content (AvgIpc) is 2.54. The molecule has 0 aromatic heterocycles. The predicted octanol–water partition coefficient (Wildman–Crippen LogP) is 0.791. The zero-order valence-electron chi connectivity index (χ0n) is 13.6. The van der Waals surface area contributed by atoms with Crippen LogP contribution >= 0.6 is 0 Å². The van der Waals surface area contributed by atoms with Crippen molar-refractivity contribution >= 4 is 5.96 Å². The fraction of sp³-hybridized carbons (Fsp3) is 0.933. The molecule has 0 aromatic rings. The summed E-state index contributed by atoms with van der Waals surface area (Å²) in [6.45, 7) is 7.29. The summed E-state index contributed by atoms with van der Waals surface area (Å²) in [7, 11) is 1.70. The Bertz CT molecular complexity index is 322. The molecular weight excluding hydrogens is 266 g/mol. The molecule has 0 aliphatic carbocycles. The van der Waals surface area contributed by atoms with E-state index in [2.05, 4.69) is 20.2 Å². The maximum Gasteiger partial charge on any atom is 0.208 e. The normalized spacial score (nSPS) is 24.1. The number of ether oxygens (including phenoxy) is 1. The summed E-state index contributed by atoms with van der Waals surface area (Å²) in [6.07, 6.45) is 6.55. The molecule has 3 N–H and O–H groups in total. The van der Waals surface area contributed by atoms with Gasteiger partial charge in [-0.3, -0.25) is 5.43 Å². The molecule has 2 rings (SSSR count). The standard InChI is InChI=1S/C15H31N5O/c1-13(12-21-2)17-15(18-16)20-10-6-14(7-11-20)19-8-4-3-5-9-19/h13-14H,3-12,16H2,1-2H3,(H,17,18). The van der Waals surface area contributed by atoms with Gasteiger partial charge in [-0.05, 0) is 45.7 Å². The van der Waals surface area contributed by atoms with Crippen LogP contribution in [0.5, 0.6) is 0 Å². The Labute approximate surface area is 128 Å². The Morgan fingerprint density at radius 2 is 1.90 bits per heavy atom. The molecule has 2 fully saturated rings. The molecule has 0 saturated carbocycles. The lowest BCUT2D eigenvalue weighted by Crippen LogP contribution is -2.52. The van der Waals surface area contributed by atoms with Gasteiger partial charge >= 0.3 is 0 Å². The molecular formula is C15H31N5O. The Morgan fingerprint density at radius 3 is 2.48 bits per heavy atom. The van der Waals surface area contributed by atoms with Gasteiger partial charge in [0.25, 0.3) is 0 Å². The highest BCUT2D eigenvalue weighted by Crippen LogP contribution is 2.20. The zero-order chi connectivity index (χ0) is 15.1. The van der Waals surface area contributed by atoms with Crippen LogP contribution in [0.25, 0.3) is 0 Å². The second kappa shape index (κ2) is 8.56. The van der Waals surface area contributed by atoms with E-state index >= 15 is 0 Å². The zero-order valence-corrected chi connectivity index (χ0v) is 13.6. The maximum atomic E-state index is 5.65. The summed E-state index contributed by atoms with van der Waals surface area (Å²) >= 11 is 0. The van der Waals surface area contributed by atoms with Gasteiger partial charge in [-0.25, -0.2) is 10.8 Å². The van der Waals surface area contributed by atoms with Crippen LogP contribution in [0, 0.1) is 0 Å². The van der Waals surface area contributed by atoms with Crippen molar-refractivity contribution in [3.8, 4) is 0 Å². The van der Waals surface area contributed by atoms with Crippen molar-refractivity contribution < 1.29 is 4.74 Å². The first-order chi connectivity index (χ1) is 10.2. The van der Waals surface area contributed by atoms with Gasteiger partial charge in [0.15, 0.2) is 0 Å². The highest BCUT2D eigenvalue weighted by molar-refractivity contribution is 5.79. The number of aliphatic imine (C=N–C) groups is 1. The molecule has 6 nitrogen and oxygen atoms in total. The Hall–Kier alpha value is -0.850. The molecule has 0 aromatic carbocycles. The van der Waals surface area contributed by atoms with Crippen LogP contribution < -0.4 is 11.3 Å². The molecule has 6 heteroatoms. The number of hydrazine groups is 1. The SMILES string of the molecule is COCC(C)N=C(NN)N1CCC(N2CCCCC2)CC1. The van der Waals surface area contributed by atoms with Gasteiger partial charge < -0.3 is 14.5 Å². The lowest BCUT2D eigenvalue weighted by molar-refractivity contribution is 0.113. The molecule has 0 bridgehead atoms. The number of methoxy groups -OCH3 is 1. The molecule has 21 heavy (non-hydrogen) atoms. The third kappa shape index (κ3) is 4.83. The molecule has 2 heterocycles. The van der Waals surface area contributed by atoms with Crippen molar-refractivity contribution in [2.75, 3.05) is 39.9 Å². The van der Waals surface area contributed by atoms with Crippen LogP contribution in [0.1, 0.15) is 39.0 Å². The summed E-state index contributed by atoms with van der Waals surface area (Å²) in [6, 6.07) is 0.873. The van der Waals surface area contributed by atoms with Gasteiger partial charge in [0.1, 0.15) is 0 Å². The Morgan fingerprint density at radius 1 is 1.24 bits per heavy atom. The monoisotopic (exact) mass is 297 g/mol. The van der Waals surface area contributed by atoms with Crippen LogP contribution in [-0.2, 0) is 4.74 Å². The van der Waals surface area contributed by atoms with Crippen LogP contribution in [0.2, 0.25) is 0 Å². The van der Waals surface area contributed by atoms with Crippen molar-refractivity contribution in [3.05, 3.63) is 0 Å². The minimum absolute atomic E-state index is 0.126. The lowest BCUT2D eigenvalue weighted by Gasteiger charge is -2.41. The predicted molar refractivity (Wildman–Crippen MR) is 86.1 cm³/mol. The van der Waals surface area contributed by atoms with E-state index in [9.17, 15) is 0 Å². The molecule has 2 aliphatic rings. The average molecular weight is 297 g/mol. The molecule has 1 unspecified atom stereocenters. The smallest absolute Gasteiger partial charge is 0.208 e. The molecule has 0 amide bonds. The lowest BCUT2D eigenvalue weighted by atomic mass is 10.00. The van der Waals surface area contributed by atoms with E-state index in [0.717, 1.165) is 25.1 Å². The summed E-state index contributed by atoms with van der Waals surface area (Å²) in [5.41, 5.74) is 2.76. The number of nitrogens with two attached hydrogens (primary N) is 1. The molecule has 0 spiro atoms. The quantitative estimate of drug-likeness (QED) is 0.348. The summed E-state index contributed by atoms with van der Waals surface area (Å²) in [5.74, 6) is 6.45. The van der Waals surface area contributed by atoms with Crippen LogP contribution in [0.3, 0.4) is 0 Å². The van der Waals surface area contributed by atoms with Gasteiger partial charge in [0.2, 0.25) is 5.96 Å². The summed E-state index contributed by atoms with van der Waals surface area (Å²) in [4.78, 5) is 9.57. The van der Waals surface area contributed by atoms with E-state index in [1.165, 1.54) is 45.2 Å². The first kappa shape index (κ1) is 16.5. The fourth-order valence-corrected chi connectivity index (χ4v) is 3.42. The van der Waals surface area contributed by atoms with Gasteiger partial charge in [0, 0.05) is 26.2 Å². The van der Waals surface area contributed by atoms with Gasteiger partial charge in [-0.15, -0.1) is 0 Å². The number of guanidine groups is 1. The molecule has 2 aliphatic heterocycles. The Kier molecular flexibility index (Phi) is 6.73. The number of rotatable bonds is 4. The van der Waals surface area contributed by atoms with Crippen LogP contribution in [0.15, 0.2) is 4.99 Å². The molecule has 2 saturated heterocycles. The number of nitrogens with zero attached hydrogens (tertiary/aromatic N) is 3. The van der Waals surface area contributed by atoms with Gasteiger partial charge in [0.05, 0.1) is 12.6 Å². The van der Waals surface area contributed by atoms with E-state index in [4.69, 9.17) is 10.6 Å². The van der Waals surface area contributed by atoms with Crippen molar-refractivity contribution in [1.29, 1.82) is 0 Å². The van der Waals surface area contributed by atoms with Gasteiger partial charge in [-0.2, -0.15) is 0 Å². The van der Waals surface area contributed by atoms with Crippen LogP contribution in [-0.4, -0.2) is 67.7 Å². The first-order valence-corrected chi connectivity index (χ1v) is 8.27. The third-order valence-electron chi connectivity index (χ3n) is 4.55. The Balaban J connectivity index is 1.83. The van der Waals surface area contributed by atoms with E-state index in [1.54, 1.807) is 7.11 Å². The number of nitrogens with one attached hydrogen (secondary N) is 1. The second-order valence-electron chi connectivity index (χ2n) is 6.22. The van der Waals surface area contributed by atoms with Crippen molar-refractivity contribution in [2.24, 2.45) is 10.8 Å². The second-order valence-corrected chi connectivity index (χ2v) is 6.22. The first-order valence-electron chi connectivity index (χ1n) is 8.27. The molecule has 1 atom stereocenters. The molecule has 0 radical (unpaired) electrons.